The highest BCUT2D eigenvalue weighted by molar-refractivity contribution is 5.79. The van der Waals surface area contributed by atoms with Gasteiger partial charge < -0.3 is 9.32 Å². The molecule has 0 spiro atoms. The Morgan fingerprint density at radius 2 is 2.12 bits per heavy atom. The van der Waals surface area contributed by atoms with Gasteiger partial charge in [-0.2, -0.15) is 5.10 Å². The molecule has 2 heterocycles. The van der Waals surface area contributed by atoms with Crippen LogP contribution in [-0.4, -0.2) is 20.6 Å². The van der Waals surface area contributed by atoms with E-state index < -0.39 is 0 Å². The molecule has 2 aliphatic carbocycles. The van der Waals surface area contributed by atoms with Crippen molar-refractivity contribution in [1.82, 2.24) is 14.7 Å². The minimum absolute atomic E-state index is 0.178. The molecular formula is C19H25N3O2. The molecule has 0 bridgehead atoms. The van der Waals surface area contributed by atoms with Crippen molar-refractivity contribution in [1.29, 1.82) is 0 Å². The second-order valence-electron chi connectivity index (χ2n) is 7.10. The summed E-state index contributed by atoms with van der Waals surface area (Å²) in [5.41, 5.74) is 3.78. The highest BCUT2D eigenvalue weighted by Gasteiger charge is 2.30. The largest absolute Gasteiger partial charge is 0.467 e. The Kier molecular flexibility index (Phi) is 4.17. The number of rotatable bonds is 5. The number of hydrogen-bond donors (Lipinski definition) is 0. The first-order valence-corrected chi connectivity index (χ1v) is 9.07. The highest BCUT2D eigenvalue weighted by atomic mass is 16.3. The van der Waals surface area contributed by atoms with Crippen LogP contribution in [0.2, 0.25) is 0 Å². The molecule has 0 unspecified atom stereocenters. The van der Waals surface area contributed by atoms with E-state index >= 15 is 0 Å². The Bertz CT molecular complexity index is 711. The lowest BCUT2D eigenvalue weighted by molar-refractivity contribution is -0.137. The quantitative estimate of drug-likeness (QED) is 0.847. The van der Waals surface area contributed by atoms with Gasteiger partial charge in [0.05, 0.1) is 25.0 Å². The Balaban J connectivity index is 1.57. The molecule has 1 saturated carbocycles. The van der Waals surface area contributed by atoms with Gasteiger partial charge in [-0.15, -0.1) is 0 Å². The maximum atomic E-state index is 13.0. The maximum Gasteiger partial charge on any atom is 0.226 e. The van der Waals surface area contributed by atoms with Crippen LogP contribution in [-0.2, 0) is 37.8 Å². The van der Waals surface area contributed by atoms with Crippen molar-refractivity contribution >= 4 is 5.91 Å². The van der Waals surface area contributed by atoms with E-state index in [1.54, 1.807) is 6.26 Å². The standard InChI is InChI=1S/C19H25N3O2/c1-21-18-10-4-9-16(18)17(20-21)13-22(12-15-8-5-11-24-15)19(23)14-6-2-3-7-14/h5,8,11,14H,2-4,6-7,9-10,12-13H2,1H3. The maximum absolute atomic E-state index is 13.0. The summed E-state index contributed by atoms with van der Waals surface area (Å²) >= 11 is 0. The van der Waals surface area contributed by atoms with Gasteiger partial charge in [0, 0.05) is 18.7 Å². The molecule has 2 aromatic rings. The Hall–Kier alpha value is -2.04. The topological polar surface area (TPSA) is 51.3 Å². The van der Waals surface area contributed by atoms with Crippen molar-refractivity contribution in [3.63, 3.8) is 0 Å². The number of hydrogen-bond acceptors (Lipinski definition) is 3. The van der Waals surface area contributed by atoms with Crippen LogP contribution in [0.3, 0.4) is 0 Å². The van der Waals surface area contributed by atoms with E-state index in [1.165, 1.54) is 30.5 Å². The minimum Gasteiger partial charge on any atom is -0.467 e. The predicted molar refractivity (Wildman–Crippen MR) is 90.2 cm³/mol. The summed E-state index contributed by atoms with van der Waals surface area (Å²) in [5.74, 6) is 1.28. The zero-order valence-corrected chi connectivity index (χ0v) is 14.3. The number of fused-ring (bicyclic) bond motifs is 1. The average molecular weight is 327 g/mol. The SMILES string of the molecule is Cn1nc(CN(Cc2ccco2)C(=O)C2CCCC2)c2c1CCC2. The molecule has 1 amide bonds. The molecule has 0 aromatic carbocycles. The van der Waals surface area contributed by atoms with E-state index in [0.29, 0.717) is 13.1 Å². The number of aromatic nitrogens is 2. The molecule has 0 saturated heterocycles. The molecule has 128 valence electrons. The van der Waals surface area contributed by atoms with E-state index in [4.69, 9.17) is 9.52 Å². The zero-order valence-electron chi connectivity index (χ0n) is 14.3. The van der Waals surface area contributed by atoms with Gasteiger partial charge >= 0.3 is 0 Å². The Morgan fingerprint density at radius 1 is 1.29 bits per heavy atom. The van der Waals surface area contributed by atoms with Crippen molar-refractivity contribution in [3.8, 4) is 0 Å². The predicted octanol–water partition coefficient (Wildman–Crippen LogP) is 3.22. The molecule has 0 aliphatic heterocycles. The van der Waals surface area contributed by atoms with E-state index in [9.17, 15) is 4.79 Å². The van der Waals surface area contributed by atoms with E-state index in [1.807, 2.05) is 28.8 Å². The third-order valence-electron chi connectivity index (χ3n) is 5.48. The molecule has 5 heteroatoms. The number of amides is 1. The van der Waals surface area contributed by atoms with E-state index in [-0.39, 0.29) is 11.8 Å². The van der Waals surface area contributed by atoms with Crippen LogP contribution in [0.25, 0.3) is 0 Å². The molecule has 4 rings (SSSR count). The number of carbonyl (C=O) groups is 1. The fraction of sp³-hybridized carbons (Fsp3) is 0.579. The average Bonchev–Trinajstić information content (AvgIpc) is 3.35. The monoisotopic (exact) mass is 327 g/mol. The number of furan rings is 1. The molecule has 0 atom stereocenters. The highest BCUT2D eigenvalue weighted by Crippen LogP contribution is 2.30. The van der Waals surface area contributed by atoms with Crippen molar-refractivity contribution < 1.29 is 9.21 Å². The van der Waals surface area contributed by atoms with Gasteiger partial charge in [0.2, 0.25) is 5.91 Å². The molecule has 0 N–H and O–H groups in total. The first kappa shape index (κ1) is 15.5. The lowest BCUT2D eigenvalue weighted by atomic mass is 10.1. The Morgan fingerprint density at radius 3 is 2.88 bits per heavy atom. The normalized spacial score (nSPS) is 17.4. The smallest absolute Gasteiger partial charge is 0.226 e. The van der Waals surface area contributed by atoms with Crippen LogP contribution in [0.1, 0.15) is 54.8 Å². The van der Waals surface area contributed by atoms with Gasteiger partial charge in [-0.1, -0.05) is 12.8 Å². The second kappa shape index (κ2) is 6.46. The van der Waals surface area contributed by atoms with Crippen LogP contribution in [0, 0.1) is 5.92 Å². The van der Waals surface area contributed by atoms with Gasteiger partial charge in [-0.25, -0.2) is 0 Å². The lowest BCUT2D eigenvalue weighted by Crippen LogP contribution is -2.34. The van der Waals surface area contributed by atoms with Gasteiger partial charge in [0.15, 0.2) is 0 Å². The summed E-state index contributed by atoms with van der Waals surface area (Å²) < 4.78 is 7.50. The molecule has 0 radical (unpaired) electrons. The molecule has 1 fully saturated rings. The van der Waals surface area contributed by atoms with E-state index in [2.05, 4.69) is 0 Å². The molecular weight excluding hydrogens is 302 g/mol. The molecule has 5 nitrogen and oxygen atoms in total. The third-order valence-corrected chi connectivity index (χ3v) is 5.48. The van der Waals surface area contributed by atoms with Crippen LogP contribution in [0.4, 0.5) is 0 Å². The summed E-state index contributed by atoms with van der Waals surface area (Å²) in [4.78, 5) is 15.0. The first-order chi connectivity index (χ1) is 11.7. The zero-order chi connectivity index (χ0) is 16.5. The van der Waals surface area contributed by atoms with Crippen LogP contribution >= 0.6 is 0 Å². The van der Waals surface area contributed by atoms with Crippen LogP contribution < -0.4 is 0 Å². The number of nitrogens with zero attached hydrogens (tertiary/aromatic N) is 3. The minimum atomic E-state index is 0.178. The summed E-state index contributed by atoms with van der Waals surface area (Å²) in [6.07, 6.45) is 9.45. The van der Waals surface area contributed by atoms with Crippen molar-refractivity contribution in [2.45, 2.75) is 58.0 Å². The lowest BCUT2D eigenvalue weighted by Gasteiger charge is -2.24. The van der Waals surface area contributed by atoms with E-state index in [0.717, 1.165) is 37.1 Å². The first-order valence-electron chi connectivity index (χ1n) is 9.07. The van der Waals surface area contributed by atoms with Gasteiger partial charge in [-0.05, 0) is 49.8 Å². The van der Waals surface area contributed by atoms with Gasteiger partial charge in [0.1, 0.15) is 5.76 Å². The summed E-state index contributed by atoms with van der Waals surface area (Å²) in [7, 11) is 2.02. The van der Waals surface area contributed by atoms with Crippen molar-refractivity contribution in [2.75, 3.05) is 0 Å². The number of aryl methyl sites for hydroxylation is 1. The van der Waals surface area contributed by atoms with Crippen molar-refractivity contribution in [2.24, 2.45) is 13.0 Å². The van der Waals surface area contributed by atoms with Crippen molar-refractivity contribution in [3.05, 3.63) is 41.1 Å². The number of carbonyl (C=O) groups excluding carboxylic acids is 1. The van der Waals surface area contributed by atoms with Crippen LogP contribution in [0.5, 0.6) is 0 Å². The molecule has 2 aromatic heterocycles. The summed E-state index contributed by atoms with van der Waals surface area (Å²) in [6, 6.07) is 3.82. The molecule has 24 heavy (non-hydrogen) atoms. The van der Waals surface area contributed by atoms with Gasteiger partial charge in [0.25, 0.3) is 0 Å². The Labute approximate surface area is 142 Å². The summed E-state index contributed by atoms with van der Waals surface area (Å²) in [6.45, 7) is 1.13. The van der Waals surface area contributed by atoms with Crippen LogP contribution in [0.15, 0.2) is 22.8 Å². The summed E-state index contributed by atoms with van der Waals surface area (Å²) in [5, 5.41) is 4.70. The molecule has 2 aliphatic rings. The second-order valence-corrected chi connectivity index (χ2v) is 7.10. The third kappa shape index (κ3) is 2.87. The fourth-order valence-corrected chi connectivity index (χ4v) is 4.24. The van der Waals surface area contributed by atoms with Gasteiger partial charge in [-0.3, -0.25) is 9.48 Å². The fourth-order valence-electron chi connectivity index (χ4n) is 4.24.